The summed E-state index contributed by atoms with van der Waals surface area (Å²) in [5.74, 6) is -0.753. The van der Waals surface area contributed by atoms with Crippen LogP contribution in [0.15, 0.2) is 30.3 Å². The number of nitrogens with zero attached hydrogens (tertiary/aromatic N) is 1. The number of rotatable bonds is 3. The molecule has 0 saturated carbocycles. The van der Waals surface area contributed by atoms with Crippen molar-refractivity contribution in [1.29, 1.82) is 0 Å². The fourth-order valence-electron chi connectivity index (χ4n) is 2.12. The lowest BCUT2D eigenvalue weighted by molar-refractivity contribution is -0.130. The fourth-order valence-corrected chi connectivity index (χ4v) is 2.40. The molecular formula is C13H15ClN2O2. The number of amides is 2. The number of alkyl halides is 1. The molecule has 1 aromatic rings. The van der Waals surface area contributed by atoms with Gasteiger partial charge in [0.2, 0.25) is 11.8 Å². The fraction of sp³-hybridized carbons (Fsp3) is 0.385. The van der Waals surface area contributed by atoms with E-state index in [9.17, 15) is 9.59 Å². The number of nitrogens with two attached hydrogens (primary N) is 1. The van der Waals surface area contributed by atoms with Crippen LogP contribution in [0.3, 0.4) is 0 Å². The maximum atomic E-state index is 12.2. The van der Waals surface area contributed by atoms with Crippen LogP contribution in [0.4, 0.5) is 0 Å². The van der Waals surface area contributed by atoms with Gasteiger partial charge in [0.15, 0.2) is 0 Å². The van der Waals surface area contributed by atoms with Gasteiger partial charge in [-0.05, 0) is 12.0 Å². The average molecular weight is 267 g/mol. The predicted octanol–water partition coefficient (Wildman–Crippen LogP) is 1.30. The van der Waals surface area contributed by atoms with Gasteiger partial charge in [-0.3, -0.25) is 9.59 Å². The van der Waals surface area contributed by atoms with Gasteiger partial charge in [-0.15, -0.1) is 11.6 Å². The summed E-state index contributed by atoms with van der Waals surface area (Å²) in [6, 6.07) is 9.19. The molecule has 1 fully saturated rings. The van der Waals surface area contributed by atoms with Crippen LogP contribution in [-0.2, 0) is 9.59 Å². The molecule has 2 atom stereocenters. The summed E-state index contributed by atoms with van der Waals surface area (Å²) in [5.41, 5.74) is 6.01. The lowest BCUT2D eigenvalue weighted by Crippen LogP contribution is -2.33. The van der Waals surface area contributed by atoms with Crippen LogP contribution in [0.2, 0.25) is 0 Å². The third-order valence-electron chi connectivity index (χ3n) is 3.21. The third-order valence-corrected chi connectivity index (χ3v) is 3.65. The average Bonchev–Trinajstić information content (AvgIpc) is 2.88. The summed E-state index contributed by atoms with van der Waals surface area (Å²) in [6.07, 6.45) is 0.624. The van der Waals surface area contributed by atoms with E-state index < -0.39 is 5.38 Å². The standard InChI is InChI=1S/C13H15ClN2O2/c14-11(9-4-2-1-3-5-9)13(18)16-7-6-10(8-16)12(15)17/h1-5,10-11H,6-8H2,(H2,15,17). The molecule has 96 valence electrons. The first-order valence-electron chi connectivity index (χ1n) is 5.86. The Morgan fingerprint density at radius 2 is 2.00 bits per heavy atom. The highest BCUT2D eigenvalue weighted by Crippen LogP contribution is 2.26. The van der Waals surface area contributed by atoms with Gasteiger partial charge < -0.3 is 10.6 Å². The molecule has 0 bridgehead atoms. The Morgan fingerprint density at radius 1 is 1.33 bits per heavy atom. The summed E-state index contributed by atoms with van der Waals surface area (Å²) < 4.78 is 0. The summed E-state index contributed by atoms with van der Waals surface area (Å²) in [5, 5.41) is -0.696. The number of hydrogen-bond donors (Lipinski definition) is 1. The van der Waals surface area contributed by atoms with Crippen molar-refractivity contribution in [2.75, 3.05) is 13.1 Å². The second-order valence-electron chi connectivity index (χ2n) is 4.45. The summed E-state index contributed by atoms with van der Waals surface area (Å²) >= 11 is 6.16. The molecule has 1 saturated heterocycles. The lowest BCUT2D eigenvalue weighted by Gasteiger charge is -2.19. The van der Waals surface area contributed by atoms with Crippen molar-refractivity contribution < 1.29 is 9.59 Å². The van der Waals surface area contributed by atoms with Crippen LogP contribution in [0, 0.1) is 5.92 Å². The minimum atomic E-state index is -0.696. The minimum absolute atomic E-state index is 0.161. The molecule has 0 radical (unpaired) electrons. The third kappa shape index (κ3) is 2.64. The maximum absolute atomic E-state index is 12.2. The van der Waals surface area contributed by atoms with Crippen LogP contribution in [0.5, 0.6) is 0 Å². The smallest absolute Gasteiger partial charge is 0.245 e. The van der Waals surface area contributed by atoms with E-state index in [2.05, 4.69) is 0 Å². The topological polar surface area (TPSA) is 63.4 Å². The number of likely N-dealkylation sites (tertiary alicyclic amines) is 1. The summed E-state index contributed by atoms with van der Waals surface area (Å²) in [7, 11) is 0. The van der Waals surface area contributed by atoms with E-state index >= 15 is 0 Å². The zero-order chi connectivity index (χ0) is 13.1. The first-order valence-corrected chi connectivity index (χ1v) is 6.30. The highest BCUT2D eigenvalue weighted by molar-refractivity contribution is 6.30. The van der Waals surface area contributed by atoms with Crippen molar-refractivity contribution in [2.24, 2.45) is 11.7 Å². The molecule has 4 nitrogen and oxygen atoms in total. The molecular weight excluding hydrogens is 252 g/mol. The molecule has 2 rings (SSSR count). The van der Waals surface area contributed by atoms with Crippen LogP contribution < -0.4 is 5.73 Å². The van der Waals surface area contributed by atoms with Crippen molar-refractivity contribution in [3.05, 3.63) is 35.9 Å². The number of primary amides is 1. The van der Waals surface area contributed by atoms with E-state index in [4.69, 9.17) is 17.3 Å². The van der Waals surface area contributed by atoms with E-state index in [0.717, 1.165) is 5.56 Å². The summed E-state index contributed by atoms with van der Waals surface area (Å²) in [6.45, 7) is 0.923. The largest absolute Gasteiger partial charge is 0.369 e. The van der Waals surface area contributed by atoms with Gasteiger partial charge in [0.25, 0.3) is 0 Å². The lowest BCUT2D eigenvalue weighted by atomic mass is 10.1. The molecule has 1 aliphatic heterocycles. The molecule has 0 aromatic heterocycles. The minimum Gasteiger partial charge on any atom is -0.369 e. The van der Waals surface area contributed by atoms with Crippen LogP contribution in [-0.4, -0.2) is 29.8 Å². The molecule has 1 aliphatic rings. The van der Waals surface area contributed by atoms with Crippen molar-refractivity contribution >= 4 is 23.4 Å². The highest BCUT2D eigenvalue weighted by Gasteiger charge is 2.32. The molecule has 2 amide bonds. The normalized spacial score (nSPS) is 20.7. The SMILES string of the molecule is NC(=O)C1CCN(C(=O)C(Cl)c2ccccc2)C1. The maximum Gasteiger partial charge on any atom is 0.245 e. The monoisotopic (exact) mass is 266 g/mol. The quantitative estimate of drug-likeness (QED) is 0.838. The zero-order valence-electron chi connectivity index (χ0n) is 9.88. The molecule has 2 unspecified atom stereocenters. The highest BCUT2D eigenvalue weighted by atomic mass is 35.5. The second kappa shape index (κ2) is 5.40. The van der Waals surface area contributed by atoms with Gasteiger partial charge in [0.05, 0.1) is 5.92 Å². The van der Waals surface area contributed by atoms with E-state index in [1.54, 1.807) is 4.90 Å². The molecule has 18 heavy (non-hydrogen) atoms. The molecule has 2 N–H and O–H groups in total. The number of benzene rings is 1. The zero-order valence-corrected chi connectivity index (χ0v) is 10.6. The van der Waals surface area contributed by atoms with E-state index in [1.165, 1.54) is 0 Å². The van der Waals surface area contributed by atoms with E-state index in [1.807, 2.05) is 30.3 Å². The van der Waals surface area contributed by atoms with E-state index in [-0.39, 0.29) is 17.7 Å². The second-order valence-corrected chi connectivity index (χ2v) is 4.88. The Bertz CT molecular complexity index is 450. The van der Waals surface area contributed by atoms with Crippen molar-refractivity contribution in [1.82, 2.24) is 4.90 Å². The Labute approximate surface area is 111 Å². The van der Waals surface area contributed by atoms with Crippen molar-refractivity contribution in [3.8, 4) is 0 Å². The predicted molar refractivity (Wildman–Crippen MR) is 68.9 cm³/mol. The Morgan fingerprint density at radius 3 is 2.56 bits per heavy atom. The molecule has 1 heterocycles. The number of hydrogen-bond acceptors (Lipinski definition) is 2. The molecule has 0 spiro atoms. The van der Waals surface area contributed by atoms with Gasteiger partial charge in [-0.1, -0.05) is 30.3 Å². The van der Waals surface area contributed by atoms with Gasteiger partial charge in [-0.25, -0.2) is 0 Å². The number of halogens is 1. The van der Waals surface area contributed by atoms with Gasteiger partial charge >= 0.3 is 0 Å². The Balaban J connectivity index is 2.02. The van der Waals surface area contributed by atoms with Crippen molar-refractivity contribution in [2.45, 2.75) is 11.8 Å². The summed E-state index contributed by atoms with van der Waals surface area (Å²) in [4.78, 5) is 24.8. The van der Waals surface area contributed by atoms with Gasteiger partial charge in [0, 0.05) is 13.1 Å². The van der Waals surface area contributed by atoms with Crippen LogP contribution in [0.25, 0.3) is 0 Å². The Hall–Kier alpha value is -1.55. The van der Waals surface area contributed by atoms with Crippen molar-refractivity contribution in [3.63, 3.8) is 0 Å². The van der Waals surface area contributed by atoms with E-state index in [0.29, 0.717) is 19.5 Å². The van der Waals surface area contributed by atoms with Gasteiger partial charge in [-0.2, -0.15) is 0 Å². The Kier molecular flexibility index (Phi) is 3.87. The van der Waals surface area contributed by atoms with Gasteiger partial charge in [0.1, 0.15) is 5.38 Å². The van der Waals surface area contributed by atoms with Crippen LogP contribution >= 0.6 is 11.6 Å². The first-order chi connectivity index (χ1) is 8.59. The number of carbonyl (C=O) groups excluding carboxylic acids is 2. The number of carbonyl (C=O) groups is 2. The molecule has 0 aliphatic carbocycles. The molecule has 1 aromatic carbocycles. The first kappa shape index (κ1) is 12.9. The van der Waals surface area contributed by atoms with Crippen LogP contribution in [0.1, 0.15) is 17.4 Å². The molecule has 5 heteroatoms.